The molecule has 4 heteroatoms. The third kappa shape index (κ3) is 2.14. The number of hydrogen-bond acceptors (Lipinski definition) is 3. The van der Waals surface area contributed by atoms with Crippen molar-refractivity contribution in [2.45, 2.75) is 12.8 Å². The summed E-state index contributed by atoms with van der Waals surface area (Å²) in [6.45, 7) is 1.71. The summed E-state index contributed by atoms with van der Waals surface area (Å²) in [4.78, 5) is 12.7. The molecule has 0 radical (unpaired) electrons. The maximum atomic E-state index is 14.1. The van der Waals surface area contributed by atoms with Gasteiger partial charge in [0.15, 0.2) is 12.0 Å². The number of anilines is 1. The van der Waals surface area contributed by atoms with Gasteiger partial charge in [0.05, 0.1) is 5.69 Å². The van der Waals surface area contributed by atoms with Gasteiger partial charge in [-0.25, -0.2) is 4.39 Å². The van der Waals surface area contributed by atoms with Crippen molar-refractivity contribution >= 4 is 12.0 Å². The molecule has 3 rings (SSSR count). The first kappa shape index (κ1) is 12.0. The number of benzene rings is 1. The Morgan fingerprint density at radius 1 is 1.16 bits per heavy atom. The van der Waals surface area contributed by atoms with E-state index >= 15 is 0 Å². The lowest BCUT2D eigenvalue weighted by atomic mass is 10.1. The summed E-state index contributed by atoms with van der Waals surface area (Å²) in [6.07, 6.45) is 2.80. The van der Waals surface area contributed by atoms with Crippen LogP contribution in [0.2, 0.25) is 0 Å². The molecule has 1 fully saturated rings. The maximum Gasteiger partial charge on any atom is 0.185 e. The highest BCUT2D eigenvalue weighted by molar-refractivity contribution is 5.79. The third-order valence-corrected chi connectivity index (χ3v) is 3.42. The van der Waals surface area contributed by atoms with Crippen LogP contribution in [0.4, 0.5) is 10.1 Å². The molecule has 0 unspecified atom stereocenters. The lowest BCUT2D eigenvalue weighted by Gasteiger charge is -2.21. The summed E-state index contributed by atoms with van der Waals surface area (Å²) in [5.74, 6) is 0.540. The van der Waals surface area contributed by atoms with Crippen LogP contribution in [0.15, 0.2) is 34.7 Å². The lowest BCUT2D eigenvalue weighted by molar-refractivity contribution is 0.110. The molecular formula is C15H14FNO2. The van der Waals surface area contributed by atoms with E-state index < -0.39 is 0 Å². The number of nitrogens with zero attached hydrogens (tertiary/aromatic N) is 1. The number of carbonyl (C=O) groups is 1. The molecule has 0 aliphatic carbocycles. The van der Waals surface area contributed by atoms with Crippen LogP contribution in [0.3, 0.4) is 0 Å². The number of aldehydes is 1. The highest BCUT2D eigenvalue weighted by Gasteiger charge is 2.21. The van der Waals surface area contributed by atoms with E-state index in [1.54, 1.807) is 18.2 Å². The monoisotopic (exact) mass is 259 g/mol. The first-order valence-corrected chi connectivity index (χ1v) is 6.38. The van der Waals surface area contributed by atoms with Crippen LogP contribution < -0.4 is 4.90 Å². The maximum absolute atomic E-state index is 14.1. The SMILES string of the molecule is O=Cc1ccc(-c2cccc(F)c2N2CCCC2)o1. The second-order valence-corrected chi connectivity index (χ2v) is 4.65. The van der Waals surface area contributed by atoms with Gasteiger partial charge in [-0.15, -0.1) is 0 Å². The van der Waals surface area contributed by atoms with E-state index in [4.69, 9.17) is 4.42 Å². The molecule has 0 N–H and O–H groups in total. The summed E-state index contributed by atoms with van der Waals surface area (Å²) in [7, 11) is 0. The molecule has 0 saturated carbocycles. The summed E-state index contributed by atoms with van der Waals surface area (Å²) >= 11 is 0. The Hall–Kier alpha value is -2.10. The number of carbonyl (C=O) groups excluding carboxylic acids is 1. The normalized spacial score (nSPS) is 14.9. The van der Waals surface area contributed by atoms with Crippen molar-refractivity contribution in [3.05, 3.63) is 41.9 Å². The molecule has 1 aliphatic heterocycles. The van der Waals surface area contributed by atoms with Crippen LogP contribution in [-0.4, -0.2) is 19.4 Å². The van der Waals surface area contributed by atoms with Gasteiger partial charge >= 0.3 is 0 Å². The molecule has 2 heterocycles. The molecule has 1 saturated heterocycles. The molecule has 3 nitrogen and oxygen atoms in total. The first-order valence-electron chi connectivity index (χ1n) is 6.38. The second-order valence-electron chi connectivity index (χ2n) is 4.65. The smallest absolute Gasteiger partial charge is 0.185 e. The Labute approximate surface area is 110 Å². The highest BCUT2D eigenvalue weighted by atomic mass is 19.1. The van der Waals surface area contributed by atoms with E-state index in [9.17, 15) is 9.18 Å². The molecule has 0 bridgehead atoms. The average Bonchev–Trinajstić information content (AvgIpc) is 3.09. The molecular weight excluding hydrogens is 245 g/mol. The van der Waals surface area contributed by atoms with Gasteiger partial charge < -0.3 is 9.32 Å². The summed E-state index contributed by atoms with van der Waals surface area (Å²) in [6, 6.07) is 8.25. The van der Waals surface area contributed by atoms with Gasteiger partial charge in [-0.2, -0.15) is 0 Å². The standard InChI is InChI=1S/C15H14FNO2/c16-13-5-3-4-12(14-7-6-11(10-18)19-14)15(13)17-8-1-2-9-17/h3-7,10H,1-2,8-9H2. The first-order chi connectivity index (χ1) is 9.29. The zero-order valence-electron chi connectivity index (χ0n) is 10.4. The van der Waals surface area contributed by atoms with Gasteiger partial charge in [-0.1, -0.05) is 6.07 Å². The van der Waals surface area contributed by atoms with Crippen molar-refractivity contribution in [3.63, 3.8) is 0 Å². The Morgan fingerprint density at radius 2 is 1.95 bits per heavy atom. The quantitative estimate of drug-likeness (QED) is 0.791. The molecule has 98 valence electrons. The second kappa shape index (κ2) is 4.88. The minimum atomic E-state index is -0.247. The fraction of sp³-hybridized carbons (Fsp3) is 0.267. The fourth-order valence-electron chi connectivity index (χ4n) is 2.54. The largest absolute Gasteiger partial charge is 0.453 e. The van der Waals surface area contributed by atoms with Crippen molar-refractivity contribution in [1.82, 2.24) is 0 Å². The number of halogens is 1. The van der Waals surface area contributed by atoms with Crippen molar-refractivity contribution in [3.8, 4) is 11.3 Å². The van der Waals surface area contributed by atoms with Crippen LogP contribution >= 0.6 is 0 Å². The zero-order chi connectivity index (χ0) is 13.2. The zero-order valence-corrected chi connectivity index (χ0v) is 10.4. The van der Waals surface area contributed by atoms with Crippen molar-refractivity contribution in [2.24, 2.45) is 0 Å². The molecule has 0 atom stereocenters. The minimum absolute atomic E-state index is 0.247. The third-order valence-electron chi connectivity index (χ3n) is 3.42. The van der Waals surface area contributed by atoms with Gasteiger partial charge in [-0.05, 0) is 37.1 Å². The van der Waals surface area contributed by atoms with Crippen molar-refractivity contribution < 1.29 is 13.6 Å². The van der Waals surface area contributed by atoms with Crippen LogP contribution in [0.1, 0.15) is 23.4 Å². The minimum Gasteiger partial charge on any atom is -0.453 e. The molecule has 1 aromatic heterocycles. The lowest BCUT2D eigenvalue weighted by Crippen LogP contribution is -2.19. The van der Waals surface area contributed by atoms with Crippen LogP contribution in [0, 0.1) is 5.82 Å². The van der Waals surface area contributed by atoms with E-state index in [0.717, 1.165) is 25.9 Å². The number of rotatable bonds is 3. The van der Waals surface area contributed by atoms with Gasteiger partial charge in [0, 0.05) is 18.7 Å². The fourth-order valence-corrected chi connectivity index (χ4v) is 2.54. The molecule has 1 aromatic carbocycles. The van der Waals surface area contributed by atoms with E-state index in [2.05, 4.69) is 0 Å². The predicted molar refractivity (Wildman–Crippen MR) is 70.9 cm³/mol. The molecule has 0 spiro atoms. The van der Waals surface area contributed by atoms with E-state index in [0.29, 0.717) is 23.3 Å². The molecule has 2 aromatic rings. The van der Waals surface area contributed by atoms with E-state index in [-0.39, 0.29) is 11.6 Å². The Morgan fingerprint density at radius 3 is 2.63 bits per heavy atom. The molecule has 0 amide bonds. The van der Waals surface area contributed by atoms with Gasteiger partial charge in [0.2, 0.25) is 0 Å². The van der Waals surface area contributed by atoms with E-state index in [1.165, 1.54) is 6.07 Å². The molecule has 19 heavy (non-hydrogen) atoms. The summed E-state index contributed by atoms with van der Waals surface area (Å²) < 4.78 is 19.5. The van der Waals surface area contributed by atoms with Crippen LogP contribution in [0.5, 0.6) is 0 Å². The number of furan rings is 1. The highest BCUT2D eigenvalue weighted by Crippen LogP contribution is 2.35. The predicted octanol–water partition coefficient (Wildman–Crippen LogP) is 3.50. The Bertz CT molecular complexity index is 600. The Balaban J connectivity index is 2.09. The Kier molecular flexibility index (Phi) is 3.07. The molecule has 1 aliphatic rings. The topological polar surface area (TPSA) is 33.5 Å². The van der Waals surface area contributed by atoms with Crippen molar-refractivity contribution in [2.75, 3.05) is 18.0 Å². The van der Waals surface area contributed by atoms with Crippen LogP contribution in [0.25, 0.3) is 11.3 Å². The summed E-state index contributed by atoms with van der Waals surface area (Å²) in [5.41, 5.74) is 1.28. The van der Waals surface area contributed by atoms with Gasteiger partial charge in [0.1, 0.15) is 11.6 Å². The number of para-hydroxylation sites is 1. The summed E-state index contributed by atoms with van der Waals surface area (Å²) in [5, 5.41) is 0. The van der Waals surface area contributed by atoms with E-state index in [1.807, 2.05) is 11.0 Å². The van der Waals surface area contributed by atoms with Gasteiger partial charge in [0.25, 0.3) is 0 Å². The van der Waals surface area contributed by atoms with Crippen LogP contribution in [-0.2, 0) is 0 Å². The van der Waals surface area contributed by atoms with Gasteiger partial charge in [-0.3, -0.25) is 4.79 Å². The van der Waals surface area contributed by atoms with Crippen molar-refractivity contribution in [1.29, 1.82) is 0 Å². The number of hydrogen-bond donors (Lipinski definition) is 0. The average molecular weight is 259 g/mol.